The van der Waals surface area contributed by atoms with Crippen LogP contribution >= 0.6 is 27.7 Å². The number of hydrogen-bond acceptors (Lipinski definition) is 3. The summed E-state index contributed by atoms with van der Waals surface area (Å²) in [6.07, 6.45) is 2.03. The molecule has 0 radical (unpaired) electrons. The highest BCUT2D eigenvalue weighted by atomic mass is 79.9. The lowest BCUT2D eigenvalue weighted by atomic mass is 10.1. The van der Waals surface area contributed by atoms with Crippen LogP contribution in [0.3, 0.4) is 0 Å². The topological polar surface area (TPSA) is 55.1 Å². The molecule has 0 unspecified atom stereocenters. The van der Waals surface area contributed by atoms with Crippen molar-refractivity contribution < 1.29 is 4.79 Å². The molecular formula is C12H17BrN2OS. The number of anilines is 1. The second-order valence-electron chi connectivity index (χ2n) is 4.38. The molecule has 5 heteroatoms. The molecule has 3 N–H and O–H groups in total. The molecule has 0 saturated carbocycles. The first-order valence-corrected chi connectivity index (χ1v) is 7.26. The van der Waals surface area contributed by atoms with Crippen molar-refractivity contribution in [3.05, 3.63) is 28.2 Å². The molecule has 0 saturated heterocycles. The Morgan fingerprint density at radius 3 is 2.71 bits per heavy atom. The van der Waals surface area contributed by atoms with Gasteiger partial charge in [-0.25, -0.2) is 0 Å². The highest BCUT2D eigenvalue weighted by Crippen LogP contribution is 2.21. The summed E-state index contributed by atoms with van der Waals surface area (Å²) in [6.45, 7) is 4.81. The predicted molar refractivity (Wildman–Crippen MR) is 78.5 cm³/mol. The van der Waals surface area contributed by atoms with Gasteiger partial charge in [-0.05, 0) is 54.2 Å². The van der Waals surface area contributed by atoms with E-state index >= 15 is 0 Å². The molecule has 0 aromatic heterocycles. The summed E-state index contributed by atoms with van der Waals surface area (Å²) in [7, 11) is 0. The third-order valence-corrected chi connectivity index (χ3v) is 4.46. The summed E-state index contributed by atoms with van der Waals surface area (Å²) in [5.74, 6) is -0.0914. The molecule has 0 fully saturated rings. The Bertz CT molecular complexity index is 421. The second-order valence-corrected chi connectivity index (χ2v) is 6.75. The van der Waals surface area contributed by atoms with Crippen molar-refractivity contribution in [1.29, 1.82) is 0 Å². The Morgan fingerprint density at radius 1 is 1.53 bits per heavy atom. The average molecular weight is 317 g/mol. The summed E-state index contributed by atoms with van der Waals surface area (Å²) in [4.78, 5) is 11.9. The van der Waals surface area contributed by atoms with Gasteiger partial charge in [-0.3, -0.25) is 4.79 Å². The SMILES string of the molecule is CSC(C)(C)CNC(=O)c1ccc(Br)c(N)c1. The van der Waals surface area contributed by atoms with Crippen LogP contribution in [0.25, 0.3) is 0 Å². The van der Waals surface area contributed by atoms with E-state index in [1.165, 1.54) is 0 Å². The molecule has 0 aliphatic carbocycles. The third kappa shape index (κ3) is 4.24. The lowest BCUT2D eigenvalue weighted by Gasteiger charge is -2.22. The van der Waals surface area contributed by atoms with Gasteiger partial charge in [-0.15, -0.1) is 0 Å². The lowest BCUT2D eigenvalue weighted by Crippen LogP contribution is -2.36. The van der Waals surface area contributed by atoms with Gasteiger partial charge in [0.05, 0.1) is 0 Å². The second kappa shape index (κ2) is 5.78. The zero-order chi connectivity index (χ0) is 13.1. The number of benzene rings is 1. The van der Waals surface area contributed by atoms with Gasteiger partial charge < -0.3 is 11.1 Å². The van der Waals surface area contributed by atoms with E-state index in [4.69, 9.17) is 5.73 Å². The molecule has 0 aliphatic heterocycles. The first-order valence-electron chi connectivity index (χ1n) is 5.24. The summed E-state index contributed by atoms with van der Waals surface area (Å²) in [5, 5.41) is 2.91. The number of rotatable bonds is 4. The Balaban J connectivity index is 2.68. The fraction of sp³-hybridized carbons (Fsp3) is 0.417. The number of carbonyl (C=O) groups excluding carboxylic acids is 1. The van der Waals surface area contributed by atoms with E-state index in [-0.39, 0.29) is 10.7 Å². The number of thioether (sulfide) groups is 1. The highest BCUT2D eigenvalue weighted by molar-refractivity contribution is 9.10. The third-order valence-electron chi connectivity index (χ3n) is 2.49. The van der Waals surface area contributed by atoms with Gasteiger partial charge in [0, 0.05) is 27.0 Å². The molecule has 1 rings (SSSR count). The van der Waals surface area contributed by atoms with Crippen LogP contribution in [0.1, 0.15) is 24.2 Å². The minimum atomic E-state index is -0.0914. The van der Waals surface area contributed by atoms with E-state index in [1.54, 1.807) is 30.0 Å². The Hall–Kier alpha value is -0.680. The van der Waals surface area contributed by atoms with Gasteiger partial charge in [0.2, 0.25) is 0 Å². The summed E-state index contributed by atoms with van der Waals surface area (Å²) in [5.41, 5.74) is 6.89. The largest absolute Gasteiger partial charge is 0.398 e. The maximum absolute atomic E-state index is 11.9. The van der Waals surface area contributed by atoms with Crippen molar-refractivity contribution in [3.63, 3.8) is 0 Å². The molecule has 1 aromatic carbocycles. The molecule has 0 bridgehead atoms. The first kappa shape index (κ1) is 14.4. The molecule has 0 atom stereocenters. The highest BCUT2D eigenvalue weighted by Gasteiger charge is 2.17. The zero-order valence-corrected chi connectivity index (χ0v) is 12.6. The van der Waals surface area contributed by atoms with E-state index in [9.17, 15) is 4.79 Å². The molecule has 1 amide bonds. The fourth-order valence-electron chi connectivity index (χ4n) is 1.15. The quantitative estimate of drug-likeness (QED) is 0.840. The number of nitrogens with one attached hydrogen (secondary N) is 1. The maximum Gasteiger partial charge on any atom is 0.251 e. The molecule has 3 nitrogen and oxygen atoms in total. The minimum absolute atomic E-state index is 0.0383. The van der Waals surface area contributed by atoms with Crippen molar-refractivity contribution in [2.24, 2.45) is 0 Å². The standard InChI is InChI=1S/C12H17BrN2OS/c1-12(2,17-3)7-15-11(16)8-4-5-9(13)10(14)6-8/h4-6H,7,14H2,1-3H3,(H,15,16). The summed E-state index contributed by atoms with van der Waals surface area (Å²) >= 11 is 5.02. The predicted octanol–water partition coefficient (Wildman–Crippen LogP) is 2.90. The van der Waals surface area contributed by atoms with E-state index in [0.717, 1.165) is 4.47 Å². The molecule has 17 heavy (non-hydrogen) atoms. The van der Waals surface area contributed by atoms with Crippen molar-refractivity contribution in [1.82, 2.24) is 5.32 Å². The molecule has 0 aliphatic rings. The minimum Gasteiger partial charge on any atom is -0.398 e. The fourth-order valence-corrected chi connectivity index (χ4v) is 1.62. The molecule has 0 heterocycles. The normalized spacial score (nSPS) is 11.3. The monoisotopic (exact) mass is 316 g/mol. The van der Waals surface area contributed by atoms with E-state index in [0.29, 0.717) is 17.8 Å². The number of amides is 1. The molecular weight excluding hydrogens is 300 g/mol. The van der Waals surface area contributed by atoms with Gasteiger partial charge in [-0.2, -0.15) is 11.8 Å². The number of nitrogen functional groups attached to an aromatic ring is 1. The maximum atomic E-state index is 11.9. The van der Waals surface area contributed by atoms with Gasteiger partial charge >= 0.3 is 0 Å². The van der Waals surface area contributed by atoms with E-state index in [1.807, 2.05) is 6.26 Å². The van der Waals surface area contributed by atoms with Crippen LogP contribution in [-0.4, -0.2) is 23.5 Å². The van der Waals surface area contributed by atoms with Crippen LogP contribution in [0.15, 0.2) is 22.7 Å². The van der Waals surface area contributed by atoms with Crippen LogP contribution in [-0.2, 0) is 0 Å². The average Bonchev–Trinajstić information content (AvgIpc) is 2.30. The molecule has 1 aromatic rings. The van der Waals surface area contributed by atoms with Crippen molar-refractivity contribution in [2.75, 3.05) is 18.5 Å². The number of nitrogens with two attached hydrogens (primary N) is 1. The first-order chi connectivity index (χ1) is 7.85. The van der Waals surface area contributed by atoms with Gasteiger partial charge in [0.1, 0.15) is 0 Å². The van der Waals surface area contributed by atoms with Gasteiger partial charge in [0.15, 0.2) is 0 Å². The smallest absolute Gasteiger partial charge is 0.251 e. The van der Waals surface area contributed by atoms with Crippen LogP contribution in [0.2, 0.25) is 0 Å². The summed E-state index contributed by atoms with van der Waals surface area (Å²) < 4.78 is 0.842. The zero-order valence-electron chi connectivity index (χ0n) is 10.2. The molecule has 94 valence electrons. The van der Waals surface area contributed by atoms with Crippen LogP contribution in [0.5, 0.6) is 0 Å². The van der Waals surface area contributed by atoms with Crippen molar-refractivity contribution in [2.45, 2.75) is 18.6 Å². The number of carbonyl (C=O) groups is 1. The van der Waals surface area contributed by atoms with Crippen molar-refractivity contribution >= 4 is 39.3 Å². The van der Waals surface area contributed by atoms with E-state index in [2.05, 4.69) is 35.1 Å². The number of halogens is 1. The van der Waals surface area contributed by atoms with Crippen LogP contribution < -0.4 is 11.1 Å². The lowest BCUT2D eigenvalue weighted by molar-refractivity contribution is 0.0951. The van der Waals surface area contributed by atoms with E-state index < -0.39 is 0 Å². The summed E-state index contributed by atoms with van der Waals surface area (Å²) in [6, 6.07) is 5.21. The Labute approximate surface area is 115 Å². The van der Waals surface area contributed by atoms with Crippen LogP contribution in [0, 0.1) is 0 Å². The molecule has 0 spiro atoms. The van der Waals surface area contributed by atoms with Crippen molar-refractivity contribution in [3.8, 4) is 0 Å². The van der Waals surface area contributed by atoms with Crippen LogP contribution in [0.4, 0.5) is 5.69 Å². The van der Waals surface area contributed by atoms with Gasteiger partial charge in [-0.1, -0.05) is 0 Å². The van der Waals surface area contributed by atoms with Gasteiger partial charge in [0.25, 0.3) is 5.91 Å². The number of hydrogen-bond donors (Lipinski definition) is 2. The Kier molecular flexibility index (Phi) is 4.89. The Morgan fingerprint density at radius 2 is 2.18 bits per heavy atom.